The lowest BCUT2D eigenvalue weighted by molar-refractivity contribution is 0.209. The third-order valence-corrected chi connectivity index (χ3v) is 4.22. The van der Waals surface area contributed by atoms with Gasteiger partial charge in [-0.3, -0.25) is 4.90 Å². The number of hydrogen-bond acceptors (Lipinski definition) is 5. The summed E-state index contributed by atoms with van der Waals surface area (Å²) in [5, 5.41) is 12.2. The Kier molecular flexibility index (Phi) is 4.17. The molecule has 1 saturated heterocycles. The zero-order chi connectivity index (χ0) is 13.9. The Hall–Kier alpha value is -1.20. The fourth-order valence-corrected chi connectivity index (χ4v) is 2.62. The average Bonchev–Trinajstić information content (AvgIpc) is 3.30. The standard InChI is InChI=1S/C15H25N5/c1-12(2)19-7-9-20(10-8-19)15-6-5-14(17-18-15)11-16-13-3-4-13/h5-6,12-13,16H,3-4,7-11H2,1-2H3. The highest BCUT2D eigenvalue weighted by molar-refractivity contribution is 5.38. The second-order valence-electron chi connectivity index (χ2n) is 6.15. The van der Waals surface area contributed by atoms with E-state index in [4.69, 9.17) is 0 Å². The van der Waals surface area contributed by atoms with Crippen LogP contribution in [0.1, 0.15) is 32.4 Å². The molecule has 110 valence electrons. The molecule has 0 aromatic carbocycles. The number of hydrogen-bond donors (Lipinski definition) is 1. The highest BCUT2D eigenvalue weighted by Gasteiger charge is 2.21. The third kappa shape index (κ3) is 3.46. The van der Waals surface area contributed by atoms with Gasteiger partial charge in [0.1, 0.15) is 0 Å². The fraction of sp³-hybridized carbons (Fsp3) is 0.733. The molecule has 0 atom stereocenters. The first kappa shape index (κ1) is 13.8. The molecule has 1 aliphatic carbocycles. The van der Waals surface area contributed by atoms with E-state index in [1.807, 2.05) is 0 Å². The summed E-state index contributed by atoms with van der Waals surface area (Å²) in [7, 11) is 0. The second-order valence-corrected chi connectivity index (χ2v) is 6.15. The van der Waals surface area contributed by atoms with Gasteiger partial charge in [-0.05, 0) is 38.8 Å². The first-order chi connectivity index (χ1) is 9.72. The van der Waals surface area contributed by atoms with E-state index in [0.717, 1.165) is 50.3 Å². The molecule has 1 N–H and O–H groups in total. The molecule has 5 heteroatoms. The normalized spacial score (nSPS) is 20.6. The van der Waals surface area contributed by atoms with Crippen molar-refractivity contribution in [2.75, 3.05) is 31.1 Å². The molecule has 2 heterocycles. The number of aromatic nitrogens is 2. The zero-order valence-electron chi connectivity index (χ0n) is 12.5. The SMILES string of the molecule is CC(C)N1CCN(c2ccc(CNC3CC3)nn2)CC1. The smallest absolute Gasteiger partial charge is 0.151 e. The maximum Gasteiger partial charge on any atom is 0.151 e. The van der Waals surface area contributed by atoms with Crippen LogP contribution in [0.4, 0.5) is 5.82 Å². The van der Waals surface area contributed by atoms with Crippen molar-refractivity contribution in [3.8, 4) is 0 Å². The predicted molar refractivity (Wildman–Crippen MR) is 80.8 cm³/mol. The third-order valence-electron chi connectivity index (χ3n) is 4.22. The van der Waals surface area contributed by atoms with Crippen LogP contribution in [0, 0.1) is 0 Å². The molecule has 0 bridgehead atoms. The van der Waals surface area contributed by atoms with Gasteiger partial charge in [0, 0.05) is 44.8 Å². The molecular weight excluding hydrogens is 250 g/mol. The summed E-state index contributed by atoms with van der Waals surface area (Å²) in [6.07, 6.45) is 2.62. The molecule has 2 aliphatic rings. The van der Waals surface area contributed by atoms with Crippen molar-refractivity contribution in [1.29, 1.82) is 0 Å². The van der Waals surface area contributed by atoms with Gasteiger partial charge < -0.3 is 10.2 Å². The summed E-state index contributed by atoms with van der Waals surface area (Å²) < 4.78 is 0. The van der Waals surface area contributed by atoms with E-state index >= 15 is 0 Å². The minimum absolute atomic E-state index is 0.638. The van der Waals surface area contributed by atoms with E-state index in [2.05, 4.69) is 51.3 Å². The van der Waals surface area contributed by atoms with Crippen molar-refractivity contribution in [3.63, 3.8) is 0 Å². The number of nitrogens with one attached hydrogen (secondary N) is 1. The Morgan fingerprint density at radius 2 is 1.90 bits per heavy atom. The van der Waals surface area contributed by atoms with Crippen molar-refractivity contribution in [3.05, 3.63) is 17.8 Å². The Morgan fingerprint density at radius 1 is 1.15 bits per heavy atom. The van der Waals surface area contributed by atoms with Crippen LogP contribution in [0.15, 0.2) is 12.1 Å². The quantitative estimate of drug-likeness (QED) is 0.876. The van der Waals surface area contributed by atoms with E-state index in [9.17, 15) is 0 Å². The molecule has 3 rings (SSSR count). The Balaban J connectivity index is 1.52. The van der Waals surface area contributed by atoms with Crippen LogP contribution in [0.5, 0.6) is 0 Å². The Morgan fingerprint density at radius 3 is 2.45 bits per heavy atom. The van der Waals surface area contributed by atoms with Gasteiger partial charge in [0.2, 0.25) is 0 Å². The summed E-state index contributed by atoms with van der Waals surface area (Å²) in [6.45, 7) is 9.70. The van der Waals surface area contributed by atoms with Gasteiger partial charge in [-0.15, -0.1) is 5.10 Å². The molecular formula is C15H25N5. The first-order valence-corrected chi connectivity index (χ1v) is 7.77. The molecule has 0 amide bonds. The van der Waals surface area contributed by atoms with Gasteiger partial charge in [0.15, 0.2) is 5.82 Å². The van der Waals surface area contributed by atoms with Crippen LogP contribution in [0.3, 0.4) is 0 Å². The second kappa shape index (κ2) is 6.06. The summed E-state index contributed by atoms with van der Waals surface area (Å²) >= 11 is 0. The lowest BCUT2D eigenvalue weighted by Gasteiger charge is -2.37. The van der Waals surface area contributed by atoms with E-state index < -0.39 is 0 Å². The van der Waals surface area contributed by atoms with Crippen molar-refractivity contribution in [2.45, 2.75) is 45.3 Å². The van der Waals surface area contributed by atoms with Crippen LogP contribution >= 0.6 is 0 Å². The van der Waals surface area contributed by atoms with Gasteiger partial charge >= 0.3 is 0 Å². The lowest BCUT2D eigenvalue weighted by Crippen LogP contribution is -2.49. The Labute approximate surface area is 121 Å². The summed E-state index contributed by atoms with van der Waals surface area (Å²) in [6, 6.07) is 5.58. The average molecular weight is 275 g/mol. The first-order valence-electron chi connectivity index (χ1n) is 7.77. The maximum atomic E-state index is 4.39. The number of nitrogens with zero attached hydrogens (tertiary/aromatic N) is 4. The van der Waals surface area contributed by atoms with Crippen molar-refractivity contribution >= 4 is 5.82 Å². The topological polar surface area (TPSA) is 44.3 Å². The monoisotopic (exact) mass is 275 g/mol. The lowest BCUT2D eigenvalue weighted by atomic mass is 10.2. The summed E-state index contributed by atoms with van der Waals surface area (Å²) in [4.78, 5) is 4.85. The minimum atomic E-state index is 0.638. The zero-order valence-corrected chi connectivity index (χ0v) is 12.5. The van der Waals surface area contributed by atoms with E-state index in [1.165, 1.54) is 12.8 Å². The summed E-state index contributed by atoms with van der Waals surface area (Å²) in [5.41, 5.74) is 1.04. The molecule has 0 unspecified atom stereocenters. The number of anilines is 1. The largest absolute Gasteiger partial charge is 0.353 e. The highest BCUT2D eigenvalue weighted by atomic mass is 15.3. The Bertz CT molecular complexity index is 418. The van der Waals surface area contributed by atoms with Crippen molar-refractivity contribution in [1.82, 2.24) is 20.4 Å². The van der Waals surface area contributed by atoms with Crippen LogP contribution in [0.25, 0.3) is 0 Å². The molecule has 5 nitrogen and oxygen atoms in total. The molecule has 0 radical (unpaired) electrons. The molecule has 1 saturated carbocycles. The van der Waals surface area contributed by atoms with Crippen LogP contribution < -0.4 is 10.2 Å². The van der Waals surface area contributed by atoms with Gasteiger partial charge in [-0.2, -0.15) is 5.10 Å². The minimum Gasteiger partial charge on any atom is -0.353 e. The van der Waals surface area contributed by atoms with Crippen LogP contribution in [0.2, 0.25) is 0 Å². The van der Waals surface area contributed by atoms with Crippen LogP contribution in [-0.4, -0.2) is 53.4 Å². The predicted octanol–water partition coefficient (Wildman–Crippen LogP) is 1.26. The number of piperazine rings is 1. The molecule has 0 spiro atoms. The van der Waals surface area contributed by atoms with E-state index in [0.29, 0.717) is 6.04 Å². The molecule has 1 aromatic heterocycles. The van der Waals surface area contributed by atoms with Gasteiger partial charge in [0.25, 0.3) is 0 Å². The highest BCUT2D eigenvalue weighted by Crippen LogP contribution is 2.19. The fourth-order valence-electron chi connectivity index (χ4n) is 2.62. The molecule has 20 heavy (non-hydrogen) atoms. The van der Waals surface area contributed by atoms with Gasteiger partial charge in [-0.25, -0.2) is 0 Å². The molecule has 1 aliphatic heterocycles. The molecule has 2 fully saturated rings. The van der Waals surface area contributed by atoms with Crippen LogP contribution in [-0.2, 0) is 6.54 Å². The van der Waals surface area contributed by atoms with Gasteiger partial charge in [-0.1, -0.05) is 0 Å². The number of rotatable bonds is 5. The van der Waals surface area contributed by atoms with Crippen molar-refractivity contribution < 1.29 is 0 Å². The van der Waals surface area contributed by atoms with E-state index in [-0.39, 0.29) is 0 Å². The van der Waals surface area contributed by atoms with Gasteiger partial charge in [0.05, 0.1) is 5.69 Å². The molecule has 1 aromatic rings. The maximum absolute atomic E-state index is 4.39. The van der Waals surface area contributed by atoms with E-state index in [1.54, 1.807) is 0 Å². The summed E-state index contributed by atoms with van der Waals surface area (Å²) in [5.74, 6) is 1.02. The van der Waals surface area contributed by atoms with Crippen molar-refractivity contribution in [2.24, 2.45) is 0 Å².